The van der Waals surface area contributed by atoms with Crippen molar-refractivity contribution in [2.24, 2.45) is 5.73 Å². The van der Waals surface area contributed by atoms with Crippen LogP contribution in [0.2, 0.25) is 0 Å². The molecule has 3 nitrogen and oxygen atoms in total. The molecule has 2 N–H and O–H groups in total. The van der Waals surface area contributed by atoms with Crippen LogP contribution in [0.4, 0.5) is 0 Å². The third kappa shape index (κ3) is 4.96. The molecule has 1 aromatic carbocycles. The Labute approximate surface area is 118 Å². The molecule has 0 heterocycles. The van der Waals surface area contributed by atoms with Crippen molar-refractivity contribution in [2.45, 2.75) is 20.3 Å². The number of nitrogens with zero attached hydrogens (tertiary/aromatic N) is 1. The Kier molecular flexibility index (Phi) is 7.32. The molecule has 0 aliphatic rings. The summed E-state index contributed by atoms with van der Waals surface area (Å²) in [5.41, 5.74) is 6.79. The molecule has 0 aliphatic heterocycles. The standard InChI is InChI=1S/C14H23BrN2O/c1-3-17(4-2)9-10-18-13-5-6-14(15)12(11-13)7-8-16/h5-6,11H,3-4,7-10,16H2,1-2H3. The second-order valence-corrected chi connectivity index (χ2v) is 5.02. The number of nitrogens with two attached hydrogens (primary N) is 1. The Balaban J connectivity index is 2.49. The lowest BCUT2D eigenvalue weighted by molar-refractivity contribution is 0.222. The third-order valence-electron chi connectivity index (χ3n) is 3.00. The summed E-state index contributed by atoms with van der Waals surface area (Å²) in [5, 5.41) is 0. The van der Waals surface area contributed by atoms with Crippen LogP contribution in [0.1, 0.15) is 19.4 Å². The third-order valence-corrected chi connectivity index (χ3v) is 3.78. The summed E-state index contributed by atoms with van der Waals surface area (Å²) < 4.78 is 6.88. The summed E-state index contributed by atoms with van der Waals surface area (Å²) in [6.07, 6.45) is 0.869. The minimum absolute atomic E-state index is 0.654. The number of rotatable bonds is 8. The molecular weight excluding hydrogens is 292 g/mol. The average molecular weight is 315 g/mol. The highest BCUT2D eigenvalue weighted by atomic mass is 79.9. The van der Waals surface area contributed by atoms with Gasteiger partial charge >= 0.3 is 0 Å². The van der Waals surface area contributed by atoms with E-state index >= 15 is 0 Å². The fourth-order valence-corrected chi connectivity index (χ4v) is 2.27. The van der Waals surface area contributed by atoms with Crippen LogP contribution in [0.15, 0.2) is 22.7 Å². The topological polar surface area (TPSA) is 38.5 Å². The zero-order chi connectivity index (χ0) is 13.4. The van der Waals surface area contributed by atoms with Gasteiger partial charge in [-0.1, -0.05) is 29.8 Å². The highest BCUT2D eigenvalue weighted by Gasteiger charge is 2.03. The molecule has 0 fully saturated rings. The SMILES string of the molecule is CCN(CC)CCOc1ccc(Br)c(CCN)c1. The summed E-state index contributed by atoms with van der Waals surface area (Å²) in [5.74, 6) is 0.925. The van der Waals surface area contributed by atoms with Gasteiger partial charge in [-0.05, 0) is 49.8 Å². The van der Waals surface area contributed by atoms with Gasteiger partial charge in [-0.2, -0.15) is 0 Å². The number of likely N-dealkylation sites (N-methyl/N-ethyl adjacent to an activating group) is 1. The van der Waals surface area contributed by atoms with Crippen molar-refractivity contribution in [1.29, 1.82) is 0 Å². The zero-order valence-electron chi connectivity index (χ0n) is 11.3. The molecule has 0 radical (unpaired) electrons. The molecule has 0 aliphatic carbocycles. The molecule has 0 bridgehead atoms. The van der Waals surface area contributed by atoms with E-state index in [4.69, 9.17) is 10.5 Å². The van der Waals surface area contributed by atoms with Crippen LogP contribution in [0.25, 0.3) is 0 Å². The summed E-state index contributed by atoms with van der Waals surface area (Å²) in [7, 11) is 0. The lowest BCUT2D eigenvalue weighted by atomic mass is 10.1. The van der Waals surface area contributed by atoms with Gasteiger partial charge in [0.05, 0.1) is 0 Å². The fourth-order valence-electron chi connectivity index (χ4n) is 1.82. The summed E-state index contributed by atoms with van der Waals surface area (Å²) in [6, 6.07) is 6.09. The lowest BCUT2D eigenvalue weighted by Gasteiger charge is -2.18. The zero-order valence-corrected chi connectivity index (χ0v) is 12.9. The number of benzene rings is 1. The average Bonchev–Trinajstić information content (AvgIpc) is 2.38. The quantitative estimate of drug-likeness (QED) is 0.801. The normalized spacial score (nSPS) is 10.9. The van der Waals surface area contributed by atoms with Crippen molar-refractivity contribution in [2.75, 3.05) is 32.8 Å². The molecule has 1 rings (SSSR count). The molecular formula is C14H23BrN2O. The fraction of sp³-hybridized carbons (Fsp3) is 0.571. The Bertz CT molecular complexity index is 354. The van der Waals surface area contributed by atoms with E-state index in [1.807, 2.05) is 12.1 Å². The minimum atomic E-state index is 0.654. The number of hydrogen-bond donors (Lipinski definition) is 1. The van der Waals surface area contributed by atoms with Gasteiger partial charge in [0.15, 0.2) is 0 Å². The van der Waals surface area contributed by atoms with Gasteiger partial charge in [0.25, 0.3) is 0 Å². The van der Waals surface area contributed by atoms with Crippen molar-refractivity contribution in [3.05, 3.63) is 28.2 Å². The maximum absolute atomic E-state index is 5.78. The highest BCUT2D eigenvalue weighted by molar-refractivity contribution is 9.10. The van der Waals surface area contributed by atoms with Crippen LogP contribution in [0.5, 0.6) is 5.75 Å². The first-order valence-corrected chi connectivity index (χ1v) is 7.34. The van der Waals surface area contributed by atoms with E-state index in [1.165, 1.54) is 5.56 Å². The Morgan fingerprint density at radius 3 is 2.61 bits per heavy atom. The molecule has 0 atom stereocenters. The Morgan fingerprint density at radius 1 is 1.28 bits per heavy atom. The lowest BCUT2D eigenvalue weighted by Crippen LogP contribution is -2.27. The van der Waals surface area contributed by atoms with Gasteiger partial charge in [-0.3, -0.25) is 0 Å². The first-order chi connectivity index (χ1) is 8.71. The van der Waals surface area contributed by atoms with Crippen molar-refractivity contribution in [3.63, 3.8) is 0 Å². The van der Waals surface area contributed by atoms with Crippen LogP contribution in [0.3, 0.4) is 0 Å². The smallest absolute Gasteiger partial charge is 0.119 e. The van der Waals surface area contributed by atoms with Gasteiger partial charge in [-0.25, -0.2) is 0 Å². The van der Waals surface area contributed by atoms with Gasteiger partial charge in [0.1, 0.15) is 12.4 Å². The maximum Gasteiger partial charge on any atom is 0.119 e. The molecule has 102 valence electrons. The molecule has 4 heteroatoms. The Morgan fingerprint density at radius 2 is 2.00 bits per heavy atom. The van der Waals surface area contributed by atoms with Crippen LogP contribution < -0.4 is 10.5 Å². The van der Waals surface area contributed by atoms with Crippen LogP contribution >= 0.6 is 15.9 Å². The van der Waals surface area contributed by atoms with E-state index in [9.17, 15) is 0 Å². The van der Waals surface area contributed by atoms with E-state index in [-0.39, 0.29) is 0 Å². The van der Waals surface area contributed by atoms with Crippen LogP contribution in [-0.4, -0.2) is 37.7 Å². The molecule has 0 unspecified atom stereocenters. The van der Waals surface area contributed by atoms with Crippen molar-refractivity contribution < 1.29 is 4.74 Å². The first kappa shape index (κ1) is 15.5. The number of hydrogen-bond acceptors (Lipinski definition) is 3. The minimum Gasteiger partial charge on any atom is -0.492 e. The second-order valence-electron chi connectivity index (χ2n) is 4.17. The van der Waals surface area contributed by atoms with Crippen molar-refractivity contribution in [1.82, 2.24) is 4.90 Å². The van der Waals surface area contributed by atoms with Crippen molar-refractivity contribution >= 4 is 15.9 Å². The van der Waals surface area contributed by atoms with Crippen LogP contribution in [0, 0.1) is 0 Å². The predicted molar refractivity (Wildman–Crippen MR) is 80.2 cm³/mol. The summed E-state index contributed by atoms with van der Waals surface area (Å²) in [4.78, 5) is 2.35. The van der Waals surface area contributed by atoms with Gasteiger partial charge < -0.3 is 15.4 Å². The second kappa shape index (κ2) is 8.51. The van der Waals surface area contributed by atoms with E-state index < -0.39 is 0 Å². The first-order valence-electron chi connectivity index (χ1n) is 6.54. The molecule has 0 aromatic heterocycles. The molecule has 18 heavy (non-hydrogen) atoms. The molecule has 0 amide bonds. The van der Waals surface area contributed by atoms with Crippen LogP contribution in [-0.2, 0) is 6.42 Å². The molecule has 0 spiro atoms. The Hall–Kier alpha value is -0.580. The van der Waals surface area contributed by atoms with E-state index in [0.29, 0.717) is 6.54 Å². The van der Waals surface area contributed by atoms with E-state index in [1.54, 1.807) is 0 Å². The summed E-state index contributed by atoms with van der Waals surface area (Å²) >= 11 is 3.53. The number of ether oxygens (including phenoxy) is 1. The maximum atomic E-state index is 5.78. The molecule has 1 aromatic rings. The predicted octanol–water partition coefficient (Wildman–Crippen LogP) is 2.67. The highest BCUT2D eigenvalue weighted by Crippen LogP contribution is 2.22. The molecule has 0 saturated heterocycles. The van der Waals surface area contributed by atoms with Gasteiger partial charge in [0, 0.05) is 11.0 Å². The van der Waals surface area contributed by atoms with E-state index in [2.05, 4.69) is 40.7 Å². The monoisotopic (exact) mass is 314 g/mol. The number of halogens is 1. The van der Waals surface area contributed by atoms with E-state index in [0.717, 1.165) is 42.9 Å². The van der Waals surface area contributed by atoms with Crippen molar-refractivity contribution in [3.8, 4) is 5.75 Å². The summed E-state index contributed by atoms with van der Waals surface area (Å²) in [6.45, 7) is 8.82. The van der Waals surface area contributed by atoms with Gasteiger partial charge in [-0.15, -0.1) is 0 Å². The van der Waals surface area contributed by atoms with Gasteiger partial charge in [0.2, 0.25) is 0 Å². The largest absolute Gasteiger partial charge is 0.492 e. The molecule has 0 saturated carbocycles.